The van der Waals surface area contributed by atoms with Crippen molar-refractivity contribution in [1.82, 2.24) is 0 Å². The molecule has 8 heteroatoms. The molecule has 0 aliphatic heterocycles. The summed E-state index contributed by atoms with van der Waals surface area (Å²) >= 11 is 4.39. The zero-order chi connectivity index (χ0) is 10.8. The lowest BCUT2D eigenvalue weighted by molar-refractivity contribution is -0.254. The van der Waals surface area contributed by atoms with Crippen LogP contribution in [0.4, 0.5) is 0 Å². The molecule has 0 aromatic carbocycles. The molecular formula is C6H10O6S2. The third-order valence-corrected chi connectivity index (χ3v) is 1.74. The highest BCUT2D eigenvalue weighted by atomic mass is 32.2. The molecule has 0 bridgehead atoms. The lowest BCUT2D eigenvalue weighted by Gasteiger charge is -2.01. The second kappa shape index (κ2) is 9.13. The molecule has 0 amide bonds. The highest BCUT2D eigenvalue weighted by Gasteiger charge is 2.08. The van der Waals surface area contributed by atoms with Gasteiger partial charge in [-0.3, -0.25) is 0 Å². The van der Waals surface area contributed by atoms with Gasteiger partial charge >= 0.3 is 11.9 Å². The normalized spacial score (nSPS) is 9.57. The van der Waals surface area contributed by atoms with Gasteiger partial charge in [-0.15, -0.1) is 0 Å². The summed E-state index contributed by atoms with van der Waals surface area (Å²) in [7, 11) is 0. The minimum atomic E-state index is -0.747. The molecule has 0 fully saturated rings. The standard InChI is InChI=1S/C6H10O6S2/c7-1-2-10-14-4-6(9)12-11-5(8)3-13/h7,13H,1-4H2. The van der Waals surface area contributed by atoms with E-state index in [9.17, 15) is 9.59 Å². The van der Waals surface area contributed by atoms with Crippen molar-refractivity contribution < 1.29 is 28.7 Å². The van der Waals surface area contributed by atoms with Crippen molar-refractivity contribution in [2.75, 3.05) is 24.7 Å². The number of hydrogen-bond acceptors (Lipinski definition) is 8. The zero-order valence-electron chi connectivity index (χ0n) is 7.17. The summed E-state index contributed by atoms with van der Waals surface area (Å²) in [5.41, 5.74) is 0. The van der Waals surface area contributed by atoms with E-state index in [4.69, 9.17) is 9.29 Å². The maximum absolute atomic E-state index is 10.7. The van der Waals surface area contributed by atoms with Gasteiger partial charge < -0.3 is 9.29 Å². The van der Waals surface area contributed by atoms with Crippen molar-refractivity contribution in [3.8, 4) is 0 Å². The van der Waals surface area contributed by atoms with Crippen molar-refractivity contribution in [3.63, 3.8) is 0 Å². The Kier molecular flexibility index (Phi) is 8.84. The van der Waals surface area contributed by atoms with E-state index in [1.54, 1.807) is 0 Å². The molecule has 0 unspecified atom stereocenters. The van der Waals surface area contributed by atoms with E-state index in [1.807, 2.05) is 0 Å². The van der Waals surface area contributed by atoms with Crippen molar-refractivity contribution >= 4 is 36.6 Å². The molecule has 1 N–H and O–H groups in total. The summed E-state index contributed by atoms with van der Waals surface area (Å²) < 4.78 is 4.70. The van der Waals surface area contributed by atoms with Crippen LogP contribution in [0.2, 0.25) is 0 Å². The average molecular weight is 242 g/mol. The number of carbonyl (C=O) groups excluding carboxylic acids is 2. The van der Waals surface area contributed by atoms with Gasteiger partial charge in [-0.2, -0.15) is 12.6 Å². The van der Waals surface area contributed by atoms with E-state index in [2.05, 4.69) is 22.4 Å². The van der Waals surface area contributed by atoms with E-state index in [0.29, 0.717) is 0 Å². The van der Waals surface area contributed by atoms with Crippen LogP contribution in [-0.2, 0) is 23.5 Å². The summed E-state index contributed by atoms with van der Waals surface area (Å²) in [6.45, 7) is -0.00887. The zero-order valence-corrected chi connectivity index (χ0v) is 8.88. The summed E-state index contributed by atoms with van der Waals surface area (Å²) in [4.78, 5) is 29.3. The summed E-state index contributed by atoms with van der Waals surface area (Å²) in [5.74, 6) is -1.78. The van der Waals surface area contributed by atoms with E-state index in [-0.39, 0.29) is 24.7 Å². The van der Waals surface area contributed by atoms with Crippen LogP contribution >= 0.6 is 24.7 Å². The molecule has 0 saturated carbocycles. The predicted molar refractivity (Wildman–Crippen MR) is 51.5 cm³/mol. The lowest BCUT2D eigenvalue weighted by atomic mass is 10.8. The minimum absolute atomic E-state index is 0.119. The third-order valence-electron chi connectivity index (χ3n) is 0.791. The predicted octanol–water partition coefficient (Wildman–Crippen LogP) is -0.425. The van der Waals surface area contributed by atoms with Gasteiger partial charge in [0.25, 0.3) is 0 Å². The van der Waals surface area contributed by atoms with Crippen LogP contribution in [0.5, 0.6) is 0 Å². The van der Waals surface area contributed by atoms with Crippen LogP contribution in [0.15, 0.2) is 0 Å². The molecule has 0 aliphatic rings. The molecule has 0 atom stereocenters. The van der Waals surface area contributed by atoms with Gasteiger partial charge in [-0.1, -0.05) is 0 Å². The molecule has 0 aromatic rings. The van der Waals surface area contributed by atoms with Crippen molar-refractivity contribution in [1.29, 1.82) is 0 Å². The Bertz CT molecular complexity index is 185. The van der Waals surface area contributed by atoms with E-state index in [1.165, 1.54) is 0 Å². The number of aliphatic hydroxyl groups excluding tert-OH is 1. The second-order valence-corrected chi connectivity index (χ2v) is 2.95. The van der Waals surface area contributed by atoms with E-state index >= 15 is 0 Å². The first-order valence-electron chi connectivity index (χ1n) is 3.57. The van der Waals surface area contributed by atoms with Gasteiger partial charge in [0.15, 0.2) is 0 Å². The molecule has 0 spiro atoms. The first-order chi connectivity index (χ1) is 6.70. The van der Waals surface area contributed by atoms with E-state index < -0.39 is 11.9 Å². The fourth-order valence-corrected chi connectivity index (χ4v) is 0.802. The summed E-state index contributed by atoms with van der Waals surface area (Å²) in [5, 5.41) is 8.31. The summed E-state index contributed by atoms with van der Waals surface area (Å²) in [6.07, 6.45) is 0. The Morgan fingerprint density at radius 2 is 1.93 bits per heavy atom. The Balaban J connectivity index is 3.32. The molecule has 0 saturated heterocycles. The topological polar surface area (TPSA) is 82.1 Å². The number of carbonyl (C=O) groups is 2. The Morgan fingerprint density at radius 3 is 2.50 bits per heavy atom. The number of aliphatic hydroxyl groups is 1. The van der Waals surface area contributed by atoms with Gasteiger partial charge in [-0.05, 0) is 0 Å². The first kappa shape index (κ1) is 13.6. The van der Waals surface area contributed by atoms with Gasteiger partial charge in [0, 0.05) is 12.0 Å². The Hall–Kier alpha value is -0.440. The first-order valence-corrected chi connectivity index (χ1v) is 5.11. The van der Waals surface area contributed by atoms with Crippen LogP contribution in [0.3, 0.4) is 0 Å². The van der Waals surface area contributed by atoms with Gasteiger partial charge in [0.05, 0.1) is 19.0 Å². The molecule has 14 heavy (non-hydrogen) atoms. The van der Waals surface area contributed by atoms with Crippen LogP contribution in [-0.4, -0.2) is 41.8 Å². The van der Waals surface area contributed by atoms with Crippen LogP contribution < -0.4 is 0 Å². The van der Waals surface area contributed by atoms with Crippen LogP contribution in [0.25, 0.3) is 0 Å². The maximum Gasteiger partial charge on any atom is 0.367 e. The van der Waals surface area contributed by atoms with Crippen LogP contribution in [0.1, 0.15) is 0 Å². The largest absolute Gasteiger partial charge is 0.394 e. The third kappa shape index (κ3) is 8.17. The van der Waals surface area contributed by atoms with Crippen molar-refractivity contribution in [2.24, 2.45) is 0 Å². The SMILES string of the molecule is O=C(CS)OOC(=O)CSOCCO. The monoisotopic (exact) mass is 242 g/mol. The molecule has 0 aliphatic carbocycles. The smallest absolute Gasteiger partial charge is 0.367 e. The molecule has 82 valence electrons. The average Bonchev–Trinajstić information content (AvgIpc) is 2.21. The number of thiol groups is 1. The fourth-order valence-electron chi connectivity index (χ4n) is 0.329. The Labute approximate surface area is 90.4 Å². The molecule has 0 rings (SSSR count). The fraction of sp³-hybridized carbons (Fsp3) is 0.667. The Morgan fingerprint density at radius 1 is 1.29 bits per heavy atom. The maximum atomic E-state index is 10.7. The lowest BCUT2D eigenvalue weighted by Crippen LogP contribution is -2.14. The van der Waals surface area contributed by atoms with Gasteiger partial charge in [0.1, 0.15) is 5.75 Å². The highest BCUT2D eigenvalue weighted by Crippen LogP contribution is 2.02. The van der Waals surface area contributed by atoms with E-state index in [0.717, 1.165) is 12.0 Å². The van der Waals surface area contributed by atoms with Crippen molar-refractivity contribution in [2.45, 2.75) is 0 Å². The number of rotatable bonds is 6. The molecule has 6 nitrogen and oxygen atoms in total. The molecular weight excluding hydrogens is 232 g/mol. The highest BCUT2D eigenvalue weighted by molar-refractivity contribution is 7.95. The van der Waals surface area contributed by atoms with Gasteiger partial charge in [-0.25, -0.2) is 19.4 Å². The van der Waals surface area contributed by atoms with Gasteiger partial charge in [0.2, 0.25) is 0 Å². The van der Waals surface area contributed by atoms with Crippen LogP contribution in [0, 0.1) is 0 Å². The molecule has 0 aromatic heterocycles. The quantitative estimate of drug-likeness (QED) is 0.215. The summed E-state index contributed by atoms with van der Waals surface area (Å²) in [6, 6.07) is 0. The van der Waals surface area contributed by atoms with Crippen molar-refractivity contribution in [3.05, 3.63) is 0 Å². The molecule has 0 radical (unpaired) electrons. The minimum Gasteiger partial charge on any atom is -0.394 e. The number of hydrogen-bond donors (Lipinski definition) is 2. The second-order valence-electron chi connectivity index (χ2n) is 1.88. The molecule has 0 heterocycles.